The molecule has 8 nitrogen and oxygen atoms in total. The number of piperidine rings is 1. The highest BCUT2D eigenvalue weighted by Crippen LogP contribution is 2.25. The molecule has 8 heteroatoms. The van der Waals surface area contributed by atoms with Gasteiger partial charge in [0.1, 0.15) is 18.0 Å². The van der Waals surface area contributed by atoms with E-state index in [1.54, 1.807) is 6.33 Å². The van der Waals surface area contributed by atoms with E-state index in [9.17, 15) is 4.79 Å². The van der Waals surface area contributed by atoms with Crippen LogP contribution in [-0.4, -0.2) is 91.6 Å². The highest BCUT2D eigenvalue weighted by atomic mass is 16.1. The fourth-order valence-corrected chi connectivity index (χ4v) is 4.16. The second kappa shape index (κ2) is 11.3. The molecule has 2 saturated heterocycles. The van der Waals surface area contributed by atoms with Gasteiger partial charge in [0.2, 0.25) is 5.91 Å². The zero-order valence-corrected chi connectivity index (χ0v) is 18.1. The molecule has 0 aromatic carbocycles. The molecule has 0 spiro atoms. The lowest BCUT2D eigenvalue weighted by Gasteiger charge is -2.33. The van der Waals surface area contributed by atoms with Crippen molar-refractivity contribution < 1.29 is 4.79 Å². The van der Waals surface area contributed by atoms with Crippen LogP contribution in [0.5, 0.6) is 0 Å². The number of likely N-dealkylation sites (N-methyl/N-ethyl adjacent to an activating group) is 1. The van der Waals surface area contributed by atoms with Crippen LogP contribution in [0.3, 0.4) is 0 Å². The van der Waals surface area contributed by atoms with E-state index in [0.29, 0.717) is 12.3 Å². The van der Waals surface area contributed by atoms with Crippen LogP contribution in [0.25, 0.3) is 0 Å². The van der Waals surface area contributed by atoms with Gasteiger partial charge in [-0.3, -0.25) is 9.69 Å². The first kappa shape index (κ1) is 21.8. The molecule has 2 aliphatic rings. The van der Waals surface area contributed by atoms with E-state index >= 15 is 0 Å². The summed E-state index contributed by atoms with van der Waals surface area (Å²) in [6.07, 6.45) is 5.53. The molecular formula is C21H37N7O. The first-order chi connectivity index (χ1) is 14.1. The number of aromatic nitrogens is 2. The van der Waals surface area contributed by atoms with Crippen LogP contribution in [0.15, 0.2) is 12.4 Å². The van der Waals surface area contributed by atoms with Crippen LogP contribution in [0.1, 0.15) is 32.6 Å². The Morgan fingerprint density at radius 2 is 2.03 bits per heavy atom. The van der Waals surface area contributed by atoms with E-state index in [0.717, 1.165) is 83.4 Å². The molecule has 3 rings (SSSR count). The Morgan fingerprint density at radius 1 is 1.21 bits per heavy atom. The lowest BCUT2D eigenvalue weighted by atomic mass is 9.93. The van der Waals surface area contributed by atoms with E-state index in [1.807, 2.05) is 6.07 Å². The van der Waals surface area contributed by atoms with Gasteiger partial charge in [-0.1, -0.05) is 0 Å². The molecule has 162 valence electrons. The second-order valence-corrected chi connectivity index (χ2v) is 8.28. The molecule has 0 saturated carbocycles. The largest absolute Gasteiger partial charge is 0.370 e. The summed E-state index contributed by atoms with van der Waals surface area (Å²) in [5, 5.41) is 6.36. The smallest absolute Gasteiger partial charge is 0.220 e. The molecule has 0 radical (unpaired) electrons. The molecule has 1 amide bonds. The lowest BCUT2D eigenvalue weighted by molar-refractivity contribution is -0.121. The molecule has 0 bridgehead atoms. The first-order valence-corrected chi connectivity index (χ1v) is 11.1. The van der Waals surface area contributed by atoms with Gasteiger partial charge in [0.05, 0.1) is 0 Å². The number of hydrogen-bond acceptors (Lipinski definition) is 7. The second-order valence-electron chi connectivity index (χ2n) is 8.28. The number of hydrogen-bond donors (Lipinski definition) is 2. The molecule has 2 fully saturated rings. The summed E-state index contributed by atoms with van der Waals surface area (Å²) in [5.41, 5.74) is 0. The molecule has 1 atom stereocenters. The molecule has 0 aliphatic carbocycles. The summed E-state index contributed by atoms with van der Waals surface area (Å²) in [6.45, 7) is 11.1. The van der Waals surface area contributed by atoms with E-state index in [-0.39, 0.29) is 5.91 Å². The quantitative estimate of drug-likeness (QED) is 0.643. The van der Waals surface area contributed by atoms with E-state index in [4.69, 9.17) is 0 Å². The molecular weight excluding hydrogens is 366 g/mol. The van der Waals surface area contributed by atoms with Gasteiger partial charge < -0.3 is 20.4 Å². The van der Waals surface area contributed by atoms with Crippen molar-refractivity contribution in [1.29, 1.82) is 0 Å². The first-order valence-electron chi connectivity index (χ1n) is 11.1. The van der Waals surface area contributed by atoms with Gasteiger partial charge in [0, 0.05) is 71.4 Å². The van der Waals surface area contributed by atoms with Gasteiger partial charge >= 0.3 is 0 Å². The number of piperazine rings is 1. The number of rotatable bonds is 9. The molecule has 3 heterocycles. The fraction of sp³-hybridized carbons (Fsp3) is 0.762. The lowest BCUT2D eigenvalue weighted by Crippen LogP contribution is -2.46. The summed E-state index contributed by atoms with van der Waals surface area (Å²) in [4.78, 5) is 28.1. The third-order valence-corrected chi connectivity index (χ3v) is 5.98. The van der Waals surface area contributed by atoms with Crippen LogP contribution < -0.4 is 15.5 Å². The number of nitrogens with one attached hydrogen (secondary N) is 2. The van der Waals surface area contributed by atoms with E-state index in [2.05, 4.69) is 49.3 Å². The fourth-order valence-electron chi connectivity index (χ4n) is 4.16. The Balaban J connectivity index is 1.36. The molecule has 1 aromatic rings. The summed E-state index contributed by atoms with van der Waals surface area (Å²) in [5.74, 6) is 2.59. The normalized spacial score (nSPS) is 21.2. The number of nitrogens with zero attached hydrogens (tertiary/aromatic N) is 5. The maximum atomic E-state index is 12.3. The van der Waals surface area contributed by atoms with Gasteiger partial charge in [0.25, 0.3) is 0 Å². The minimum absolute atomic E-state index is 0.188. The Labute approximate surface area is 175 Å². The van der Waals surface area contributed by atoms with Gasteiger partial charge in [-0.25, -0.2) is 9.97 Å². The summed E-state index contributed by atoms with van der Waals surface area (Å²) in [7, 11) is 2.16. The van der Waals surface area contributed by atoms with Gasteiger partial charge in [-0.05, 0) is 39.2 Å². The average Bonchev–Trinajstić information content (AvgIpc) is 2.74. The predicted molar refractivity (Wildman–Crippen MR) is 117 cm³/mol. The predicted octanol–water partition coefficient (Wildman–Crippen LogP) is 1.27. The monoisotopic (exact) mass is 403 g/mol. The Bertz CT molecular complexity index is 633. The van der Waals surface area contributed by atoms with Crippen molar-refractivity contribution in [3.05, 3.63) is 12.4 Å². The van der Waals surface area contributed by atoms with Crippen LogP contribution in [0.4, 0.5) is 11.6 Å². The minimum atomic E-state index is 0.188. The highest BCUT2D eigenvalue weighted by Gasteiger charge is 2.22. The zero-order chi connectivity index (χ0) is 20.5. The summed E-state index contributed by atoms with van der Waals surface area (Å²) < 4.78 is 0. The maximum absolute atomic E-state index is 12.3. The average molecular weight is 404 g/mol. The number of amides is 1. The van der Waals surface area contributed by atoms with Crippen LogP contribution >= 0.6 is 0 Å². The standard InChI is InChI=1S/C21H37N7O/c1-3-22-19-15-20(25-17-24-19)28-9-4-5-18(16-28)6-7-21(29)23-8-10-27-13-11-26(2)12-14-27/h15,17-18H,3-14,16H2,1-2H3,(H,23,29)(H,22,24,25)/t18-/m1/s1. The minimum Gasteiger partial charge on any atom is -0.370 e. The Morgan fingerprint density at radius 3 is 2.83 bits per heavy atom. The molecule has 2 N–H and O–H groups in total. The van der Waals surface area contributed by atoms with Crippen molar-refractivity contribution >= 4 is 17.5 Å². The Kier molecular flexibility index (Phi) is 8.49. The van der Waals surface area contributed by atoms with Crippen LogP contribution in [-0.2, 0) is 4.79 Å². The van der Waals surface area contributed by atoms with Crippen molar-refractivity contribution in [1.82, 2.24) is 25.1 Å². The third-order valence-electron chi connectivity index (χ3n) is 5.98. The molecule has 29 heavy (non-hydrogen) atoms. The molecule has 0 unspecified atom stereocenters. The number of carbonyl (C=O) groups is 1. The topological polar surface area (TPSA) is 76.6 Å². The summed E-state index contributed by atoms with van der Waals surface area (Å²) in [6, 6.07) is 2.02. The highest BCUT2D eigenvalue weighted by molar-refractivity contribution is 5.75. The van der Waals surface area contributed by atoms with Crippen molar-refractivity contribution in [2.45, 2.75) is 32.6 Å². The van der Waals surface area contributed by atoms with E-state index in [1.165, 1.54) is 6.42 Å². The van der Waals surface area contributed by atoms with Gasteiger partial charge in [-0.15, -0.1) is 0 Å². The SMILES string of the molecule is CCNc1cc(N2CCC[C@H](CCC(=O)NCCN3CCN(C)CC3)C2)ncn1. The maximum Gasteiger partial charge on any atom is 0.220 e. The van der Waals surface area contributed by atoms with Crippen molar-refractivity contribution in [2.24, 2.45) is 5.92 Å². The number of anilines is 2. The van der Waals surface area contributed by atoms with Crippen molar-refractivity contribution in [3.8, 4) is 0 Å². The van der Waals surface area contributed by atoms with Crippen molar-refractivity contribution in [3.63, 3.8) is 0 Å². The zero-order valence-electron chi connectivity index (χ0n) is 18.1. The number of carbonyl (C=O) groups excluding carboxylic acids is 1. The summed E-state index contributed by atoms with van der Waals surface area (Å²) >= 11 is 0. The van der Waals surface area contributed by atoms with Crippen LogP contribution in [0.2, 0.25) is 0 Å². The third kappa shape index (κ3) is 7.12. The Hall–Kier alpha value is -1.93. The molecule has 1 aromatic heterocycles. The van der Waals surface area contributed by atoms with Gasteiger partial charge in [-0.2, -0.15) is 0 Å². The van der Waals surface area contributed by atoms with Gasteiger partial charge in [0.15, 0.2) is 0 Å². The van der Waals surface area contributed by atoms with Crippen molar-refractivity contribution in [2.75, 3.05) is 76.2 Å². The van der Waals surface area contributed by atoms with E-state index < -0.39 is 0 Å². The molecule has 2 aliphatic heterocycles. The van der Waals surface area contributed by atoms with Crippen LogP contribution in [0, 0.1) is 5.92 Å².